The molecule has 0 unspecified atom stereocenters. The summed E-state index contributed by atoms with van der Waals surface area (Å²) in [4.78, 5) is 0. The van der Waals surface area contributed by atoms with Gasteiger partial charge in [-0.05, 0) is 24.6 Å². The number of aryl methyl sites for hydroxylation is 1. The lowest BCUT2D eigenvalue weighted by Crippen LogP contribution is -2.17. The molecule has 0 aliphatic carbocycles. The van der Waals surface area contributed by atoms with E-state index in [0.717, 1.165) is 0 Å². The minimum absolute atomic E-state index is 0.132. The molecule has 0 aliphatic heterocycles. The molecule has 2 nitrogen and oxygen atoms in total. The van der Waals surface area contributed by atoms with Crippen molar-refractivity contribution in [3.63, 3.8) is 0 Å². The van der Waals surface area contributed by atoms with Crippen LogP contribution in [0.5, 0.6) is 5.75 Å². The van der Waals surface area contributed by atoms with Crippen LogP contribution in [0.3, 0.4) is 0 Å². The van der Waals surface area contributed by atoms with E-state index in [1.54, 1.807) is 19.1 Å². The minimum Gasteiger partial charge on any atom is -0.404 e. The van der Waals surface area contributed by atoms with Gasteiger partial charge in [-0.2, -0.15) is 5.26 Å². The molecule has 5 heteroatoms. The van der Waals surface area contributed by atoms with Crippen LogP contribution in [-0.4, -0.2) is 6.36 Å². The van der Waals surface area contributed by atoms with Gasteiger partial charge in [-0.15, -0.1) is 13.2 Å². The highest BCUT2D eigenvalue weighted by atomic mass is 19.4. The van der Waals surface area contributed by atoms with Crippen LogP contribution in [0.4, 0.5) is 13.2 Å². The van der Waals surface area contributed by atoms with Gasteiger partial charge in [0, 0.05) is 0 Å². The Morgan fingerprint density at radius 3 is 2.25 bits per heavy atom. The van der Waals surface area contributed by atoms with Gasteiger partial charge in [0.25, 0.3) is 0 Å². The average Bonchev–Trinajstić information content (AvgIpc) is 2.19. The summed E-state index contributed by atoms with van der Waals surface area (Å²) >= 11 is 0. The molecule has 1 rings (SSSR count). The molecule has 0 saturated heterocycles. The van der Waals surface area contributed by atoms with Crippen LogP contribution in [-0.2, 0) is 0 Å². The Morgan fingerprint density at radius 2 is 1.81 bits per heavy atom. The maximum atomic E-state index is 11.9. The van der Waals surface area contributed by atoms with Crippen molar-refractivity contribution in [3.8, 4) is 11.8 Å². The average molecular weight is 231 g/mol. The lowest BCUT2D eigenvalue weighted by atomic mass is 10.1. The van der Waals surface area contributed by atoms with Gasteiger partial charge in [-0.3, -0.25) is 0 Å². The second-order valence-electron chi connectivity index (χ2n) is 2.66. The normalized spacial score (nSPS) is 9.81. The summed E-state index contributed by atoms with van der Waals surface area (Å²) in [5, 5.41) is 8.51. The maximum Gasteiger partial charge on any atom is 0.573 e. The number of alkyl halides is 3. The predicted molar refractivity (Wildman–Crippen MR) is 53.9 cm³/mol. The molecule has 0 atom stereocenters. The SMILES string of the molecule is CC.Cc1ccc(C#N)c(OC(F)(F)F)c1. The quantitative estimate of drug-likeness (QED) is 0.736. The molecule has 1 aromatic rings. The van der Waals surface area contributed by atoms with Gasteiger partial charge < -0.3 is 4.74 Å². The Hall–Kier alpha value is -1.70. The van der Waals surface area contributed by atoms with Gasteiger partial charge in [-0.25, -0.2) is 0 Å². The fraction of sp³-hybridized carbons (Fsp3) is 0.364. The van der Waals surface area contributed by atoms with E-state index in [9.17, 15) is 13.2 Å². The number of benzene rings is 1. The van der Waals surface area contributed by atoms with Crippen molar-refractivity contribution in [2.24, 2.45) is 0 Å². The monoisotopic (exact) mass is 231 g/mol. The number of rotatable bonds is 1. The molecule has 0 amide bonds. The van der Waals surface area contributed by atoms with Crippen molar-refractivity contribution in [2.45, 2.75) is 27.1 Å². The first kappa shape index (κ1) is 14.3. The fourth-order valence-corrected chi connectivity index (χ4v) is 0.931. The summed E-state index contributed by atoms with van der Waals surface area (Å²) in [6.45, 7) is 5.62. The van der Waals surface area contributed by atoms with E-state index in [4.69, 9.17) is 5.26 Å². The molecule has 0 N–H and O–H groups in total. The van der Waals surface area contributed by atoms with E-state index in [-0.39, 0.29) is 5.56 Å². The number of halogens is 3. The van der Waals surface area contributed by atoms with Crippen LogP contribution in [0.2, 0.25) is 0 Å². The Morgan fingerprint density at radius 1 is 1.25 bits per heavy atom. The topological polar surface area (TPSA) is 33.0 Å². The second-order valence-corrected chi connectivity index (χ2v) is 2.66. The number of nitriles is 1. The summed E-state index contributed by atoms with van der Waals surface area (Å²) in [7, 11) is 0. The molecule has 88 valence electrons. The molecule has 1 aromatic carbocycles. The molecule has 16 heavy (non-hydrogen) atoms. The van der Waals surface area contributed by atoms with Gasteiger partial charge in [0.15, 0.2) is 0 Å². The molecule has 0 heterocycles. The lowest BCUT2D eigenvalue weighted by molar-refractivity contribution is -0.274. The van der Waals surface area contributed by atoms with Crippen LogP contribution in [0.1, 0.15) is 25.0 Å². The standard InChI is InChI=1S/C9H6F3NO.C2H6/c1-6-2-3-7(5-13)8(4-6)14-9(10,11)12;1-2/h2-4H,1H3;1-2H3. The van der Waals surface area contributed by atoms with Crippen molar-refractivity contribution >= 4 is 0 Å². The van der Waals surface area contributed by atoms with Crippen molar-refractivity contribution in [3.05, 3.63) is 29.3 Å². The largest absolute Gasteiger partial charge is 0.573 e. The second kappa shape index (κ2) is 6.01. The van der Waals surface area contributed by atoms with Crippen LogP contribution >= 0.6 is 0 Å². The highest BCUT2D eigenvalue weighted by Crippen LogP contribution is 2.26. The Balaban J connectivity index is 0.00000106. The van der Waals surface area contributed by atoms with Gasteiger partial charge in [0.05, 0.1) is 5.56 Å². The van der Waals surface area contributed by atoms with Crippen molar-refractivity contribution in [1.82, 2.24) is 0 Å². The first-order chi connectivity index (χ1) is 7.42. The molecule has 0 fully saturated rings. The Labute approximate surface area is 92.3 Å². The van der Waals surface area contributed by atoms with E-state index in [1.165, 1.54) is 12.1 Å². The van der Waals surface area contributed by atoms with Crippen LogP contribution in [0, 0.1) is 18.3 Å². The number of nitrogens with zero attached hydrogens (tertiary/aromatic N) is 1. The Kier molecular flexibility index (Phi) is 5.37. The molecule has 0 spiro atoms. The number of hydrogen-bond acceptors (Lipinski definition) is 2. The molecule has 0 saturated carbocycles. The number of hydrogen-bond donors (Lipinski definition) is 0. The first-order valence-electron chi connectivity index (χ1n) is 4.69. The third kappa shape index (κ3) is 4.69. The van der Waals surface area contributed by atoms with Crippen molar-refractivity contribution in [1.29, 1.82) is 5.26 Å². The third-order valence-corrected chi connectivity index (χ3v) is 1.48. The summed E-state index contributed by atoms with van der Waals surface area (Å²) in [5.74, 6) is -0.458. The van der Waals surface area contributed by atoms with Crippen LogP contribution < -0.4 is 4.74 Å². The molecule has 0 bridgehead atoms. The van der Waals surface area contributed by atoms with E-state index in [2.05, 4.69) is 4.74 Å². The zero-order valence-corrected chi connectivity index (χ0v) is 9.22. The molecular formula is C11H12F3NO. The van der Waals surface area contributed by atoms with E-state index < -0.39 is 12.1 Å². The molecular weight excluding hydrogens is 219 g/mol. The smallest absolute Gasteiger partial charge is 0.404 e. The van der Waals surface area contributed by atoms with Crippen molar-refractivity contribution in [2.75, 3.05) is 0 Å². The van der Waals surface area contributed by atoms with E-state index >= 15 is 0 Å². The number of ether oxygens (including phenoxy) is 1. The highest BCUT2D eigenvalue weighted by Gasteiger charge is 2.32. The molecule has 0 aromatic heterocycles. The maximum absolute atomic E-state index is 11.9. The zero-order valence-electron chi connectivity index (χ0n) is 9.22. The molecule has 0 aliphatic rings. The van der Waals surface area contributed by atoms with Crippen LogP contribution in [0.15, 0.2) is 18.2 Å². The van der Waals surface area contributed by atoms with Crippen LogP contribution in [0.25, 0.3) is 0 Å². The minimum atomic E-state index is -4.76. The van der Waals surface area contributed by atoms with Gasteiger partial charge in [-0.1, -0.05) is 19.9 Å². The summed E-state index contributed by atoms with van der Waals surface area (Å²) in [6.07, 6.45) is -4.76. The Bertz CT molecular complexity index is 380. The lowest BCUT2D eigenvalue weighted by Gasteiger charge is -2.10. The first-order valence-corrected chi connectivity index (χ1v) is 4.69. The predicted octanol–water partition coefficient (Wildman–Crippen LogP) is 3.79. The molecule has 0 radical (unpaired) electrons. The van der Waals surface area contributed by atoms with Gasteiger partial charge in [0.1, 0.15) is 11.8 Å². The van der Waals surface area contributed by atoms with Gasteiger partial charge in [0.2, 0.25) is 0 Å². The summed E-state index contributed by atoms with van der Waals surface area (Å²) < 4.78 is 39.3. The fourth-order valence-electron chi connectivity index (χ4n) is 0.931. The highest BCUT2D eigenvalue weighted by molar-refractivity contribution is 5.45. The van der Waals surface area contributed by atoms with Gasteiger partial charge >= 0.3 is 6.36 Å². The summed E-state index contributed by atoms with van der Waals surface area (Å²) in [6, 6.07) is 5.62. The van der Waals surface area contributed by atoms with E-state index in [0.29, 0.717) is 5.56 Å². The van der Waals surface area contributed by atoms with Crippen molar-refractivity contribution < 1.29 is 17.9 Å². The zero-order chi connectivity index (χ0) is 12.8. The van der Waals surface area contributed by atoms with E-state index in [1.807, 2.05) is 13.8 Å². The third-order valence-electron chi connectivity index (χ3n) is 1.48. The summed E-state index contributed by atoms with van der Waals surface area (Å²) in [5.41, 5.74) is 0.469.